The largest absolute Gasteiger partial charge is 0.465 e. The molecule has 270 valence electrons. The molecule has 0 aromatic heterocycles. The summed E-state index contributed by atoms with van der Waals surface area (Å²) in [4.78, 5) is 26.7. The monoisotopic (exact) mass is 652 g/mol. The Kier molecular flexibility index (Phi) is 18.1. The lowest BCUT2D eigenvalue weighted by Gasteiger charge is -2.65. The molecule has 1 spiro atoms. The van der Waals surface area contributed by atoms with Crippen LogP contribution in [0.3, 0.4) is 0 Å². The fourth-order valence-electron chi connectivity index (χ4n) is 7.70. The van der Waals surface area contributed by atoms with Crippen molar-refractivity contribution in [1.82, 2.24) is 4.90 Å². The summed E-state index contributed by atoms with van der Waals surface area (Å²) in [6.45, 7) is 18.5. The molecular weight excluding hydrogens is 578 g/mol. The minimum absolute atomic E-state index is 0.0442. The van der Waals surface area contributed by atoms with E-state index in [0.717, 1.165) is 32.1 Å². The zero-order valence-electron chi connectivity index (χ0n) is 31.4. The van der Waals surface area contributed by atoms with E-state index in [4.69, 9.17) is 18.9 Å². The van der Waals surface area contributed by atoms with Gasteiger partial charge in [-0.1, -0.05) is 125 Å². The second-order valence-electron chi connectivity index (χ2n) is 15.3. The van der Waals surface area contributed by atoms with Crippen LogP contribution in [0.2, 0.25) is 0 Å². The van der Waals surface area contributed by atoms with E-state index in [-0.39, 0.29) is 41.1 Å². The molecule has 2 aliphatic heterocycles. The fourth-order valence-corrected chi connectivity index (χ4v) is 7.70. The number of nitrogens with zero attached hydrogens (tertiary/aromatic N) is 1. The molecule has 3 atom stereocenters. The highest BCUT2D eigenvalue weighted by Gasteiger charge is 2.63. The van der Waals surface area contributed by atoms with Crippen molar-refractivity contribution < 1.29 is 28.5 Å². The van der Waals surface area contributed by atoms with Crippen LogP contribution in [0, 0.1) is 11.3 Å². The van der Waals surface area contributed by atoms with Gasteiger partial charge in [0.2, 0.25) is 0 Å². The van der Waals surface area contributed by atoms with Crippen molar-refractivity contribution in [3.05, 3.63) is 0 Å². The summed E-state index contributed by atoms with van der Waals surface area (Å²) in [5.74, 6) is -1.06. The fraction of sp³-hybridized carbons (Fsp3) is 0.949. The van der Waals surface area contributed by atoms with Crippen molar-refractivity contribution in [1.29, 1.82) is 0 Å². The molecule has 7 nitrogen and oxygen atoms in total. The summed E-state index contributed by atoms with van der Waals surface area (Å²) in [5.41, 5.74) is -0.890. The Bertz CT molecular complexity index is 871. The predicted octanol–water partition coefficient (Wildman–Crippen LogP) is 10.1. The molecule has 0 aromatic carbocycles. The lowest BCUT2D eigenvalue weighted by molar-refractivity contribution is -0.374. The molecule has 2 aliphatic rings. The molecule has 0 radical (unpaired) electrons. The topological polar surface area (TPSA) is 74.3 Å². The highest BCUT2D eigenvalue weighted by molar-refractivity contribution is 5.69. The summed E-state index contributed by atoms with van der Waals surface area (Å²) in [6, 6.07) is 0. The van der Waals surface area contributed by atoms with Crippen LogP contribution in [-0.4, -0.2) is 60.3 Å². The van der Waals surface area contributed by atoms with Crippen molar-refractivity contribution >= 4 is 11.9 Å². The van der Waals surface area contributed by atoms with Crippen LogP contribution in [-0.2, 0) is 28.5 Å². The third kappa shape index (κ3) is 11.8. The number of rotatable bonds is 23. The zero-order valence-corrected chi connectivity index (χ0v) is 31.4. The molecule has 46 heavy (non-hydrogen) atoms. The van der Waals surface area contributed by atoms with Gasteiger partial charge < -0.3 is 18.9 Å². The molecule has 0 bridgehead atoms. The van der Waals surface area contributed by atoms with E-state index in [0.29, 0.717) is 32.7 Å². The Morgan fingerprint density at radius 3 is 1.65 bits per heavy atom. The molecular formula is C39H73NO6. The average Bonchev–Trinajstić information content (AvgIpc) is 3.05. The standard InChI is InChI=1S/C39H73NO6/c1-9-13-14-15-16-17-18-19-20-21-22-23-24-25-26-27-35(42)43-29-38(12-4)30-45-39(46-31-38)28-36(7,10-2)40(32-44-34(6)41)37(8,11-3)33(39)5/h33H,9-32H2,1-8H3. The Morgan fingerprint density at radius 2 is 1.22 bits per heavy atom. The SMILES string of the molecule is CCCCCCCCCCCCCCCCCC(=O)OCC1(CC)COC2(CC(C)(CC)N(COC(C)=O)C(C)(CC)C2C)OC1. The minimum Gasteiger partial charge on any atom is -0.465 e. The van der Waals surface area contributed by atoms with Crippen LogP contribution < -0.4 is 0 Å². The van der Waals surface area contributed by atoms with Crippen LogP contribution in [0.25, 0.3) is 0 Å². The number of hydrogen-bond acceptors (Lipinski definition) is 7. The van der Waals surface area contributed by atoms with E-state index in [9.17, 15) is 9.59 Å². The Balaban J connectivity index is 1.72. The van der Waals surface area contributed by atoms with E-state index >= 15 is 0 Å². The maximum atomic E-state index is 12.7. The second-order valence-corrected chi connectivity index (χ2v) is 15.3. The Morgan fingerprint density at radius 1 is 0.717 bits per heavy atom. The average molecular weight is 652 g/mol. The number of carbonyl (C=O) groups excluding carboxylic acids is 2. The van der Waals surface area contributed by atoms with Gasteiger partial charge in [0, 0.05) is 36.8 Å². The van der Waals surface area contributed by atoms with Crippen molar-refractivity contribution in [2.75, 3.05) is 26.6 Å². The summed E-state index contributed by atoms with van der Waals surface area (Å²) in [6.07, 6.45) is 23.4. The molecule has 3 unspecified atom stereocenters. The second kappa shape index (κ2) is 20.4. The quantitative estimate of drug-likeness (QED) is 0.0804. The van der Waals surface area contributed by atoms with Crippen LogP contribution >= 0.6 is 0 Å². The zero-order chi connectivity index (χ0) is 34.1. The van der Waals surface area contributed by atoms with Gasteiger partial charge in [-0.05, 0) is 39.5 Å². The Labute approximate surface area is 283 Å². The molecule has 2 heterocycles. The number of likely N-dealkylation sites (tertiary alicyclic amines) is 1. The van der Waals surface area contributed by atoms with Crippen molar-refractivity contribution in [3.63, 3.8) is 0 Å². The molecule has 2 saturated heterocycles. The number of carbonyl (C=O) groups is 2. The maximum absolute atomic E-state index is 12.7. The van der Waals surface area contributed by atoms with Crippen LogP contribution in [0.5, 0.6) is 0 Å². The lowest BCUT2D eigenvalue weighted by Crippen LogP contribution is -2.74. The molecule has 2 rings (SSSR count). The van der Waals surface area contributed by atoms with Gasteiger partial charge in [-0.25, -0.2) is 0 Å². The normalized spacial score (nSPS) is 30.0. The van der Waals surface area contributed by atoms with Crippen molar-refractivity contribution in [2.45, 2.75) is 201 Å². The molecule has 7 heteroatoms. The first-order valence-corrected chi connectivity index (χ1v) is 19.3. The molecule has 0 N–H and O–H groups in total. The number of unbranched alkanes of at least 4 members (excludes halogenated alkanes) is 14. The van der Waals surface area contributed by atoms with Crippen LogP contribution in [0.15, 0.2) is 0 Å². The van der Waals surface area contributed by atoms with Crippen LogP contribution in [0.1, 0.15) is 184 Å². The Hall–Kier alpha value is -1.18. The van der Waals surface area contributed by atoms with Gasteiger partial charge in [0.15, 0.2) is 5.79 Å². The van der Waals surface area contributed by atoms with Gasteiger partial charge in [-0.15, -0.1) is 0 Å². The van der Waals surface area contributed by atoms with Crippen molar-refractivity contribution in [2.24, 2.45) is 11.3 Å². The van der Waals surface area contributed by atoms with Gasteiger partial charge in [-0.3, -0.25) is 14.5 Å². The van der Waals surface area contributed by atoms with Crippen LogP contribution in [0.4, 0.5) is 0 Å². The minimum atomic E-state index is -0.737. The van der Waals surface area contributed by atoms with Gasteiger partial charge in [0.05, 0.1) is 18.6 Å². The molecule has 2 fully saturated rings. The maximum Gasteiger partial charge on any atom is 0.305 e. The number of piperidine rings is 1. The number of esters is 2. The molecule has 0 saturated carbocycles. The van der Waals surface area contributed by atoms with E-state index < -0.39 is 5.79 Å². The molecule has 0 amide bonds. The summed E-state index contributed by atoms with van der Waals surface area (Å²) < 4.78 is 24.9. The van der Waals surface area contributed by atoms with E-state index in [1.807, 2.05) is 0 Å². The summed E-state index contributed by atoms with van der Waals surface area (Å²) in [5, 5.41) is 0. The highest BCUT2D eigenvalue weighted by Crippen LogP contribution is 2.54. The first kappa shape index (κ1) is 41.0. The first-order valence-electron chi connectivity index (χ1n) is 19.3. The van der Waals surface area contributed by atoms with Gasteiger partial charge in [0.25, 0.3) is 0 Å². The molecule has 0 aromatic rings. The third-order valence-electron chi connectivity index (χ3n) is 11.9. The smallest absolute Gasteiger partial charge is 0.305 e. The van der Waals surface area contributed by atoms with Gasteiger partial charge >= 0.3 is 11.9 Å². The number of hydrogen-bond donors (Lipinski definition) is 0. The number of ether oxygens (including phenoxy) is 4. The van der Waals surface area contributed by atoms with Gasteiger partial charge in [0.1, 0.15) is 13.3 Å². The van der Waals surface area contributed by atoms with Crippen molar-refractivity contribution in [3.8, 4) is 0 Å². The summed E-state index contributed by atoms with van der Waals surface area (Å²) in [7, 11) is 0. The first-order chi connectivity index (χ1) is 22.0. The molecule has 0 aliphatic carbocycles. The lowest BCUT2D eigenvalue weighted by atomic mass is 9.65. The highest BCUT2D eigenvalue weighted by atomic mass is 16.7. The van der Waals surface area contributed by atoms with E-state index in [1.165, 1.54) is 90.4 Å². The van der Waals surface area contributed by atoms with E-state index in [1.54, 1.807) is 0 Å². The van der Waals surface area contributed by atoms with Gasteiger partial charge in [-0.2, -0.15) is 0 Å². The third-order valence-corrected chi connectivity index (χ3v) is 11.9. The van der Waals surface area contributed by atoms with E-state index in [2.05, 4.69) is 53.4 Å². The summed E-state index contributed by atoms with van der Waals surface area (Å²) >= 11 is 0. The predicted molar refractivity (Wildman–Crippen MR) is 188 cm³/mol.